The van der Waals surface area contributed by atoms with Crippen molar-refractivity contribution in [2.24, 2.45) is 5.92 Å². The lowest BCUT2D eigenvalue weighted by Gasteiger charge is -2.39. The highest BCUT2D eigenvalue weighted by Crippen LogP contribution is 2.39. The van der Waals surface area contributed by atoms with Crippen molar-refractivity contribution in [3.63, 3.8) is 0 Å². The number of piperidine rings is 1. The lowest BCUT2D eigenvalue weighted by Crippen LogP contribution is -2.47. The van der Waals surface area contributed by atoms with Crippen LogP contribution in [0.15, 0.2) is 36.7 Å². The molecular formula is C19H19F2N3O2S. The van der Waals surface area contributed by atoms with Gasteiger partial charge in [-0.25, -0.2) is 8.78 Å². The van der Waals surface area contributed by atoms with Gasteiger partial charge in [-0.05, 0) is 25.0 Å². The molecule has 2 N–H and O–H groups in total. The number of aromatic amines is 1. The van der Waals surface area contributed by atoms with Gasteiger partial charge in [-0.1, -0.05) is 12.1 Å². The predicted molar refractivity (Wildman–Crippen MR) is 98.6 cm³/mol. The van der Waals surface area contributed by atoms with Gasteiger partial charge in [-0.2, -0.15) is 5.10 Å². The fraction of sp³-hybridized carbons (Fsp3) is 0.368. The molecule has 2 aliphatic rings. The lowest BCUT2D eigenvalue weighted by atomic mass is 9.83. The average molecular weight is 391 g/mol. The van der Waals surface area contributed by atoms with Crippen LogP contribution in [-0.2, 0) is 10.4 Å². The average Bonchev–Trinajstić information content (AvgIpc) is 3.33. The number of nitrogens with zero attached hydrogens (tertiary/aromatic N) is 2. The van der Waals surface area contributed by atoms with E-state index in [-0.39, 0.29) is 43.3 Å². The quantitative estimate of drug-likeness (QED) is 0.844. The maximum atomic E-state index is 14.1. The molecule has 5 nitrogen and oxygen atoms in total. The van der Waals surface area contributed by atoms with E-state index in [0.717, 1.165) is 22.6 Å². The lowest BCUT2D eigenvalue weighted by molar-refractivity contribution is -0.138. The number of carbonyl (C=O) groups is 1. The molecule has 0 saturated carbocycles. The maximum absolute atomic E-state index is 14.1. The summed E-state index contributed by atoms with van der Waals surface area (Å²) in [7, 11) is 0. The van der Waals surface area contributed by atoms with Gasteiger partial charge in [0.05, 0.1) is 23.3 Å². The molecule has 2 aromatic rings. The Labute approximate surface area is 159 Å². The van der Waals surface area contributed by atoms with E-state index in [1.54, 1.807) is 29.1 Å². The molecule has 1 fully saturated rings. The first kappa shape index (κ1) is 18.2. The van der Waals surface area contributed by atoms with Crippen LogP contribution in [0.2, 0.25) is 0 Å². The Morgan fingerprint density at radius 2 is 2.00 bits per heavy atom. The summed E-state index contributed by atoms with van der Waals surface area (Å²) in [6, 6.07) is 3.57. The Bertz CT molecular complexity index is 857. The van der Waals surface area contributed by atoms with E-state index in [4.69, 9.17) is 0 Å². The molecule has 1 aromatic carbocycles. The Hall–Kier alpha value is -2.19. The number of rotatable bonds is 3. The number of nitrogens with one attached hydrogen (secondary N) is 1. The molecule has 0 radical (unpaired) electrons. The summed E-state index contributed by atoms with van der Waals surface area (Å²) < 4.78 is 28.1. The van der Waals surface area contributed by atoms with Crippen molar-refractivity contribution in [1.82, 2.24) is 15.1 Å². The number of amides is 1. The van der Waals surface area contributed by atoms with Crippen LogP contribution in [0.3, 0.4) is 0 Å². The Morgan fingerprint density at radius 3 is 2.63 bits per heavy atom. The molecule has 1 amide bonds. The van der Waals surface area contributed by atoms with Crippen LogP contribution >= 0.6 is 11.8 Å². The van der Waals surface area contributed by atoms with Crippen molar-refractivity contribution in [2.75, 3.05) is 18.8 Å². The van der Waals surface area contributed by atoms with Gasteiger partial charge in [0, 0.05) is 35.5 Å². The van der Waals surface area contributed by atoms with Crippen molar-refractivity contribution < 1.29 is 18.7 Å². The maximum Gasteiger partial charge on any atom is 0.230 e. The fourth-order valence-electron chi connectivity index (χ4n) is 3.69. The van der Waals surface area contributed by atoms with Crippen LogP contribution in [0.1, 0.15) is 24.0 Å². The molecule has 0 spiro atoms. The molecule has 142 valence electrons. The third-order valence-electron chi connectivity index (χ3n) is 5.20. The Morgan fingerprint density at radius 1 is 1.30 bits per heavy atom. The number of halogens is 2. The number of carbonyl (C=O) groups excluding carboxylic acids is 1. The number of aliphatic hydroxyl groups is 1. The van der Waals surface area contributed by atoms with Crippen molar-refractivity contribution in [2.45, 2.75) is 18.4 Å². The van der Waals surface area contributed by atoms with Crippen LogP contribution in [0, 0.1) is 17.6 Å². The molecule has 1 aromatic heterocycles. The fourth-order valence-corrected chi connectivity index (χ4v) is 4.83. The zero-order chi connectivity index (χ0) is 19.0. The first-order valence-electron chi connectivity index (χ1n) is 8.77. The molecule has 27 heavy (non-hydrogen) atoms. The third-order valence-corrected chi connectivity index (χ3v) is 6.41. The minimum Gasteiger partial charge on any atom is -0.385 e. The summed E-state index contributed by atoms with van der Waals surface area (Å²) in [5.41, 5.74) is -0.928. The van der Waals surface area contributed by atoms with Crippen molar-refractivity contribution in [3.05, 3.63) is 59.4 Å². The van der Waals surface area contributed by atoms with Crippen molar-refractivity contribution in [3.8, 4) is 0 Å². The number of hydrogen-bond acceptors (Lipinski definition) is 4. The van der Waals surface area contributed by atoms with Crippen LogP contribution in [0.25, 0.3) is 4.91 Å². The highest BCUT2D eigenvalue weighted by atomic mass is 32.2. The molecule has 1 atom stereocenters. The first-order valence-corrected chi connectivity index (χ1v) is 9.76. The van der Waals surface area contributed by atoms with Gasteiger partial charge in [-0.15, -0.1) is 11.8 Å². The normalized spacial score (nSPS) is 22.0. The van der Waals surface area contributed by atoms with Crippen molar-refractivity contribution >= 4 is 22.6 Å². The standard InChI is InChI=1S/C19H19F2N3O2S/c20-14-2-1-3-15(21)17(14)19(26)4-6-24(7-5-19)18(25)12-8-16(27-11-12)13-9-22-23-10-13/h1-3,8-10,12,26H,4-7,11H2,(H,22,23). The molecule has 3 heterocycles. The molecule has 0 bridgehead atoms. The SMILES string of the molecule is O=C(C1C=C(c2cn[nH]c2)SC1)N1CCC(O)(c2c(F)cccc2F)CC1. The minimum absolute atomic E-state index is 0.0166. The van der Waals surface area contributed by atoms with E-state index in [2.05, 4.69) is 10.2 Å². The van der Waals surface area contributed by atoms with E-state index in [0.29, 0.717) is 5.75 Å². The summed E-state index contributed by atoms with van der Waals surface area (Å²) in [6.45, 7) is 0.526. The number of H-pyrrole nitrogens is 1. The number of likely N-dealkylation sites (tertiary alicyclic amines) is 1. The summed E-state index contributed by atoms with van der Waals surface area (Å²) in [6.07, 6.45) is 5.66. The van der Waals surface area contributed by atoms with Crippen LogP contribution < -0.4 is 0 Å². The van der Waals surface area contributed by atoms with Crippen LogP contribution in [0.5, 0.6) is 0 Å². The van der Waals surface area contributed by atoms with E-state index >= 15 is 0 Å². The number of hydrogen-bond donors (Lipinski definition) is 2. The van der Waals surface area contributed by atoms with Crippen LogP contribution in [0.4, 0.5) is 8.78 Å². The zero-order valence-electron chi connectivity index (χ0n) is 14.5. The minimum atomic E-state index is -1.59. The van der Waals surface area contributed by atoms with Gasteiger partial charge in [0.25, 0.3) is 0 Å². The summed E-state index contributed by atoms with van der Waals surface area (Å²) in [5.74, 6) is -1.11. The van der Waals surface area contributed by atoms with Gasteiger partial charge in [0.2, 0.25) is 5.91 Å². The summed E-state index contributed by atoms with van der Waals surface area (Å²) >= 11 is 1.61. The van der Waals surface area contributed by atoms with Gasteiger partial charge < -0.3 is 10.0 Å². The molecular weight excluding hydrogens is 372 g/mol. The van der Waals surface area contributed by atoms with Crippen LogP contribution in [-0.4, -0.2) is 45.0 Å². The van der Waals surface area contributed by atoms with Crippen molar-refractivity contribution in [1.29, 1.82) is 0 Å². The van der Waals surface area contributed by atoms with Gasteiger partial charge in [0.1, 0.15) is 11.6 Å². The summed E-state index contributed by atoms with van der Waals surface area (Å²) in [5, 5.41) is 17.5. The van der Waals surface area contributed by atoms with Gasteiger partial charge in [0.15, 0.2) is 0 Å². The Balaban J connectivity index is 1.44. The first-order chi connectivity index (χ1) is 13.0. The molecule has 1 saturated heterocycles. The van der Waals surface area contributed by atoms with E-state index in [9.17, 15) is 18.7 Å². The monoisotopic (exact) mass is 391 g/mol. The highest BCUT2D eigenvalue weighted by Gasteiger charge is 2.40. The predicted octanol–water partition coefficient (Wildman–Crippen LogP) is 2.90. The number of aromatic nitrogens is 2. The topological polar surface area (TPSA) is 69.2 Å². The molecule has 4 rings (SSSR count). The number of thioether (sulfide) groups is 1. The smallest absolute Gasteiger partial charge is 0.230 e. The summed E-state index contributed by atoms with van der Waals surface area (Å²) in [4.78, 5) is 15.5. The second-order valence-corrected chi connectivity index (χ2v) is 7.95. The molecule has 1 unspecified atom stereocenters. The zero-order valence-corrected chi connectivity index (χ0v) is 15.3. The second kappa shape index (κ2) is 7.09. The second-order valence-electron chi connectivity index (χ2n) is 6.89. The molecule has 2 aliphatic heterocycles. The Kier molecular flexibility index (Phi) is 4.77. The van der Waals surface area contributed by atoms with E-state index in [1.807, 2.05) is 6.08 Å². The number of benzene rings is 1. The molecule has 0 aliphatic carbocycles. The molecule has 8 heteroatoms. The third kappa shape index (κ3) is 3.39. The van der Waals surface area contributed by atoms with E-state index in [1.165, 1.54) is 6.07 Å². The largest absolute Gasteiger partial charge is 0.385 e. The van der Waals surface area contributed by atoms with E-state index < -0.39 is 17.2 Å². The van der Waals surface area contributed by atoms with Gasteiger partial charge in [-0.3, -0.25) is 9.89 Å². The highest BCUT2D eigenvalue weighted by molar-refractivity contribution is 8.08. The van der Waals surface area contributed by atoms with Gasteiger partial charge >= 0.3 is 0 Å².